The smallest absolute Gasteiger partial charge is 0.227 e. The van der Waals surface area contributed by atoms with Gasteiger partial charge < -0.3 is 25.1 Å². The number of nitrogens with zero attached hydrogens (tertiary/aromatic N) is 2. The number of piperidine rings is 2. The largest absolute Gasteiger partial charge is 0.393 e. The summed E-state index contributed by atoms with van der Waals surface area (Å²) in [5, 5.41) is 31.6. The first-order chi connectivity index (χ1) is 12.4. The number of likely N-dealkylation sites (tertiary alicyclic amines) is 2. The van der Waals surface area contributed by atoms with Crippen LogP contribution in [0.2, 0.25) is 5.02 Å². The molecular formula is C19H27ClN2O4. The van der Waals surface area contributed by atoms with Crippen LogP contribution in [-0.4, -0.2) is 81.6 Å². The quantitative estimate of drug-likeness (QED) is 0.712. The van der Waals surface area contributed by atoms with Crippen LogP contribution in [0.1, 0.15) is 24.8 Å². The lowest BCUT2D eigenvalue weighted by atomic mass is 9.88. The third-order valence-electron chi connectivity index (χ3n) is 5.43. The maximum atomic E-state index is 12.6. The van der Waals surface area contributed by atoms with Crippen LogP contribution in [0.15, 0.2) is 24.3 Å². The highest BCUT2D eigenvalue weighted by Crippen LogP contribution is 2.25. The predicted molar refractivity (Wildman–Crippen MR) is 99.0 cm³/mol. The molecule has 7 heteroatoms. The standard InChI is InChI=1S/C19H27ClN2O4/c20-15-3-1-14(2-4-15)11-18(25)22-10-7-17(24)19(26,13-22)12-21-8-5-16(23)6-9-21/h1-4,16-17,23-24,26H,5-13H2/t17-,19+/m0/s1. The highest BCUT2D eigenvalue weighted by Gasteiger charge is 2.43. The Morgan fingerprint density at radius 2 is 1.77 bits per heavy atom. The van der Waals surface area contributed by atoms with Crippen LogP contribution >= 0.6 is 11.6 Å². The van der Waals surface area contributed by atoms with Crippen molar-refractivity contribution in [3.05, 3.63) is 34.9 Å². The minimum absolute atomic E-state index is 0.0632. The van der Waals surface area contributed by atoms with E-state index in [2.05, 4.69) is 4.90 Å². The van der Waals surface area contributed by atoms with E-state index >= 15 is 0 Å². The number of β-amino-alcohol motifs (C(OH)–C–C–N with tert-alkyl or cyclic N) is 1. The van der Waals surface area contributed by atoms with Gasteiger partial charge in [-0.3, -0.25) is 4.79 Å². The number of halogens is 1. The van der Waals surface area contributed by atoms with Crippen LogP contribution in [0.5, 0.6) is 0 Å². The second kappa shape index (κ2) is 8.23. The van der Waals surface area contributed by atoms with Crippen LogP contribution in [0.4, 0.5) is 0 Å². The molecule has 3 rings (SSSR count). The fourth-order valence-corrected chi connectivity index (χ4v) is 3.91. The van der Waals surface area contributed by atoms with Gasteiger partial charge in [-0.25, -0.2) is 0 Å². The van der Waals surface area contributed by atoms with Crippen molar-refractivity contribution in [3.8, 4) is 0 Å². The summed E-state index contributed by atoms with van der Waals surface area (Å²) in [6, 6.07) is 7.16. The van der Waals surface area contributed by atoms with Crippen LogP contribution in [0.3, 0.4) is 0 Å². The molecule has 6 nitrogen and oxygen atoms in total. The Morgan fingerprint density at radius 3 is 2.42 bits per heavy atom. The summed E-state index contributed by atoms with van der Waals surface area (Å²) in [6.45, 7) is 2.25. The number of hydrogen-bond acceptors (Lipinski definition) is 5. The third kappa shape index (κ3) is 4.75. The highest BCUT2D eigenvalue weighted by atomic mass is 35.5. The van der Waals surface area contributed by atoms with E-state index in [9.17, 15) is 20.1 Å². The summed E-state index contributed by atoms with van der Waals surface area (Å²) in [5.41, 5.74) is -0.463. The Labute approximate surface area is 159 Å². The van der Waals surface area contributed by atoms with Crippen LogP contribution in [0.25, 0.3) is 0 Å². The zero-order valence-electron chi connectivity index (χ0n) is 14.9. The second-order valence-corrected chi connectivity index (χ2v) is 7.97. The van der Waals surface area contributed by atoms with Crippen molar-refractivity contribution in [1.29, 1.82) is 0 Å². The van der Waals surface area contributed by atoms with E-state index in [1.165, 1.54) is 0 Å². The van der Waals surface area contributed by atoms with Crippen molar-refractivity contribution < 1.29 is 20.1 Å². The molecule has 2 atom stereocenters. The highest BCUT2D eigenvalue weighted by molar-refractivity contribution is 6.30. The van der Waals surface area contributed by atoms with Crippen molar-refractivity contribution in [2.75, 3.05) is 32.7 Å². The van der Waals surface area contributed by atoms with E-state index in [1.54, 1.807) is 17.0 Å². The zero-order chi connectivity index (χ0) is 18.7. The predicted octanol–water partition coefficient (Wildman–Crippen LogP) is 0.663. The number of carbonyl (C=O) groups is 1. The van der Waals surface area contributed by atoms with Crippen molar-refractivity contribution >= 4 is 17.5 Å². The van der Waals surface area contributed by atoms with Gasteiger partial charge in [0.25, 0.3) is 0 Å². The summed E-state index contributed by atoms with van der Waals surface area (Å²) in [5.74, 6) is -0.0632. The molecule has 0 radical (unpaired) electrons. The van der Waals surface area contributed by atoms with E-state index < -0.39 is 11.7 Å². The Kier molecular flexibility index (Phi) is 6.20. The lowest BCUT2D eigenvalue weighted by Crippen LogP contribution is -2.63. The van der Waals surface area contributed by atoms with Gasteiger partial charge in [0.05, 0.1) is 25.2 Å². The monoisotopic (exact) mass is 382 g/mol. The summed E-state index contributed by atoms with van der Waals surface area (Å²) < 4.78 is 0. The van der Waals surface area contributed by atoms with Gasteiger partial charge in [0.1, 0.15) is 5.60 Å². The summed E-state index contributed by atoms with van der Waals surface area (Å²) in [6.07, 6.45) is 0.818. The van der Waals surface area contributed by atoms with Crippen LogP contribution in [0, 0.1) is 0 Å². The molecule has 26 heavy (non-hydrogen) atoms. The molecular weight excluding hydrogens is 356 g/mol. The van der Waals surface area contributed by atoms with Gasteiger partial charge in [0.2, 0.25) is 5.91 Å². The van der Waals surface area contributed by atoms with Gasteiger partial charge in [0, 0.05) is 31.2 Å². The van der Waals surface area contributed by atoms with Crippen molar-refractivity contribution in [2.45, 2.75) is 43.5 Å². The van der Waals surface area contributed by atoms with E-state index in [0.717, 1.165) is 5.56 Å². The van der Waals surface area contributed by atoms with Crippen molar-refractivity contribution in [1.82, 2.24) is 9.80 Å². The molecule has 0 aliphatic carbocycles. The first-order valence-electron chi connectivity index (χ1n) is 9.19. The van der Waals surface area contributed by atoms with Gasteiger partial charge in [-0.05, 0) is 37.0 Å². The molecule has 2 aliphatic rings. The van der Waals surface area contributed by atoms with Gasteiger partial charge in [0.15, 0.2) is 0 Å². The van der Waals surface area contributed by atoms with E-state index in [0.29, 0.717) is 50.5 Å². The second-order valence-electron chi connectivity index (χ2n) is 7.53. The normalized spacial score (nSPS) is 28.3. The first-order valence-corrected chi connectivity index (χ1v) is 9.56. The Bertz CT molecular complexity index is 618. The molecule has 2 heterocycles. The van der Waals surface area contributed by atoms with E-state index in [4.69, 9.17) is 11.6 Å². The minimum atomic E-state index is -1.34. The topological polar surface area (TPSA) is 84.2 Å². The molecule has 1 aromatic carbocycles. The maximum absolute atomic E-state index is 12.6. The zero-order valence-corrected chi connectivity index (χ0v) is 15.6. The third-order valence-corrected chi connectivity index (χ3v) is 5.69. The van der Waals surface area contributed by atoms with Gasteiger partial charge >= 0.3 is 0 Å². The maximum Gasteiger partial charge on any atom is 0.227 e. The average Bonchev–Trinajstić information content (AvgIpc) is 2.61. The number of amides is 1. The lowest BCUT2D eigenvalue weighted by Gasteiger charge is -2.45. The Morgan fingerprint density at radius 1 is 1.12 bits per heavy atom. The molecule has 1 amide bonds. The first kappa shape index (κ1) is 19.6. The SMILES string of the molecule is O=C(Cc1ccc(Cl)cc1)N1CC[C@H](O)[C@@](O)(CN2CCC(O)CC2)C1. The van der Waals surface area contributed by atoms with E-state index in [1.807, 2.05) is 12.1 Å². The van der Waals surface area contributed by atoms with Gasteiger partial charge in [-0.1, -0.05) is 23.7 Å². The Balaban J connectivity index is 1.61. The molecule has 1 aromatic rings. The van der Waals surface area contributed by atoms with Crippen molar-refractivity contribution in [2.24, 2.45) is 0 Å². The molecule has 2 aliphatic heterocycles. The molecule has 3 N–H and O–H groups in total. The van der Waals surface area contributed by atoms with E-state index in [-0.39, 0.29) is 25.0 Å². The van der Waals surface area contributed by atoms with Gasteiger partial charge in [-0.15, -0.1) is 0 Å². The molecule has 0 unspecified atom stereocenters. The Hall–Kier alpha value is -1.18. The average molecular weight is 383 g/mol. The molecule has 0 spiro atoms. The van der Waals surface area contributed by atoms with Crippen LogP contribution < -0.4 is 0 Å². The fraction of sp³-hybridized carbons (Fsp3) is 0.632. The number of aliphatic hydroxyl groups is 3. The van der Waals surface area contributed by atoms with Crippen LogP contribution in [-0.2, 0) is 11.2 Å². The summed E-state index contributed by atoms with van der Waals surface area (Å²) in [4.78, 5) is 16.3. The summed E-state index contributed by atoms with van der Waals surface area (Å²) >= 11 is 5.88. The number of benzene rings is 1. The number of aliphatic hydroxyl groups excluding tert-OH is 2. The molecule has 2 fully saturated rings. The summed E-state index contributed by atoms with van der Waals surface area (Å²) in [7, 11) is 0. The molecule has 144 valence electrons. The fourth-order valence-electron chi connectivity index (χ4n) is 3.78. The molecule has 0 bridgehead atoms. The molecule has 2 saturated heterocycles. The molecule has 0 saturated carbocycles. The lowest BCUT2D eigenvalue weighted by molar-refractivity contribution is -0.156. The minimum Gasteiger partial charge on any atom is -0.393 e. The van der Waals surface area contributed by atoms with Gasteiger partial charge in [-0.2, -0.15) is 0 Å². The number of hydrogen-bond donors (Lipinski definition) is 3. The van der Waals surface area contributed by atoms with Crippen molar-refractivity contribution in [3.63, 3.8) is 0 Å². The molecule has 0 aromatic heterocycles. The number of carbonyl (C=O) groups excluding carboxylic acids is 1. The number of rotatable bonds is 4.